The van der Waals surface area contributed by atoms with Crippen LogP contribution in [0.2, 0.25) is 0 Å². The molecule has 0 unspecified atom stereocenters. The maximum absolute atomic E-state index is 12.0. The van der Waals surface area contributed by atoms with Crippen molar-refractivity contribution in [3.63, 3.8) is 0 Å². The van der Waals surface area contributed by atoms with Crippen molar-refractivity contribution in [1.29, 1.82) is 0 Å². The zero-order valence-corrected chi connectivity index (χ0v) is 11.0. The van der Waals surface area contributed by atoms with E-state index in [1.54, 1.807) is 12.1 Å². The molecule has 20 heavy (non-hydrogen) atoms. The van der Waals surface area contributed by atoms with E-state index in [2.05, 4.69) is 0 Å². The molecular formula is C17H14O3. The number of rotatable bonds is 3. The average molecular weight is 266 g/mol. The van der Waals surface area contributed by atoms with Crippen molar-refractivity contribution < 1.29 is 9.90 Å². The molecule has 0 saturated carbocycles. The lowest BCUT2D eigenvalue weighted by atomic mass is 10.1. The van der Waals surface area contributed by atoms with Gasteiger partial charge in [0.15, 0.2) is 11.5 Å². The fraction of sp³-hybridized carbons (Fsp3) is 0.0588. The molecule has 0 saturated heterocycles. The summed E-state index contributed by atoms with van der Waals surface area (Å²) in [6.07, 6.45) is 3.01. The first-order valence-electron chi connectivity index (χ1n) is 6.19. The Balaban J connectivity index is 2.32. The number of ketones is 1. The zero-order valence-electron chi connectivity index (χ0n) is 11.0. The SMILES string of the molecule is Cc1cccc(/C=C/C(=O)c2ccccc(=O)c2O)c1. The van der Waals surface area contributed by atoms with Crippen LogP contribution in [0.3, 0.4) is 0 Å². The van der Waals surface area contributed by atoms with Crippen LogP contribution in [-0.4, -0.2) is 10.9 Å². The number of aryl methyl sites for hydroxylation is 1. The first-order chi connectivity index (χ1) is 9.58. The second-order valence-electron chi connectivity index (χ2n) is 4.46. The molecule has 0 aliphatic rings. The van der Waals surface area contributed by atoms with Crippen molar-refractivity contribution >= 4 is 11.9 Å². The van der Waals surface area contributed by atoms with E-state index in [0.29, 0.717) is 0 Å². The highest BCUT2D eigenvalue weighted by Gasteiger charge is 2.09. The van der Waals surface area contributed by atoms with Crippen molar-refractivity contribution in [3.05, 3.63) is 81.5 Å². The summed E-state index contributed by atoms with van der Waals surface area (Å²) in [5, 5.41) is 9.70. The fourth-order valence-electron chi connectivity index (χ4n) is 1.82. The third-order valence-corrected chi connectivity index (χ3v) is 2.84. The molecule has 100 valence electrons. The predicted molar refractivity (Wildman–Crippen MR) is 78.9 cm³/mol. The third kappa shape index (κ3) is 3.20. The molecule has 0 amide bonds. The van der Waals surface area contributed by atoms with E-state index in [1.807, 2.05) is 31.2 Å². The molecule has 2 rings (SSSR count). The standard InChI is InChI=1S/C17H14O3/c1-12-5-4-6-13(11-12)9-10-15(18)14-7-2-3-8-16(19)17(14)20/h2-11H,1H3,(H,19,20)/b10-9+. The Bertz CT molecular complexity index is 730. The first kappa shape index (κ1) is 13.7. The van der Waals surface area contributed by atoms with Gasteiger partial charge >= 0.3 is 0 Å². The normalized spacial score (nSPS) is 10.7. The molecule has 3 heteroatoms. The maximum atomic E-state index is 12.0. The van der Waals surface area contributed by atoms with Gasteiger partial charge in [0.1, 0.15) is 0 Å². The highest BCUT2D eigenvalue weighted by molar-refractivity contribution is 6.08. The van der Waals surface area contributed by atoms with Gasteiger partial charge in [-0.2, -0.15) is 0 Å². The molecule has 0 aromatic heterocycles. The van der Waals surface area contributed by atoms with Crippen molar-refractivity contribution in [2.24, 2.45) is 0 Å². The molecule has 0 aliphatic heterocycles. The van der Waals surface area contributed by atoms with Gasteiger partial charge in [0.25, 0.3) is 0 Å². The van der Waals surface area contributed by atoms with Gasteiger partial charge in [-0.1, -0.05) is 48.0 Å². The largest absolute Gasteiger partial charge is 0.504 e. The summed E-state index contributed by atoms with van der Waals surface area (Å²) < 4.78 is 0. The number of carbonyl (C=O) groups is 1. The number of allylic oxidation sites excluding steroid dienone is 1. The van der Waals surface area contributed by atoms with Crippen LogP contribution in [0.15, 0.2) is 59.4 Å². The Hall–Kier alpha value is -2.68. The van der Waals surface area contributed by atoms with Crippen LogP contribution in [0.1, 0.15) is 21.5 Å². The van der Waals surface area contributed by atoms with Crippen molar-refractivity contribution in [1.82, 2.24) is 0 Å². The van der Waals surface area contributed by atoms with E-state index in [0.717, 1.165) is 11.1 Å². The minimum absolute atomic E-state index is 0.00361. The van der Waals surface area contributed by atoms with E-state index >= 15 is 0 Å². The van der Waals surface area contributed by atoms with Gasteiger partial charge in [-0.15, -0.1) is 0 Å². The second kappa shape index (κ2) is 5.97. The lowest BCUT2D eigenvalue weighted by Crippen LogP contribution is -2.01. The fourth-order valence-corrected chi connectivity index (χ4v) is 1.82. The summed E-state index contributed by atoms with van der Waals surface area (Å²) in [6, 6.07) is 13.4. The van der Waals surface area contributed by atoms with Crippen LogP contribution in [-0.2, 0) is 0 Å². The van der Waals surface area contributed by atoms with Crippen LogP contribution >= 0.6 is 0 Å². The second-order valence-corrected chi connectivity index (χ2v) is 4.46. The molecular weight excluding hydrogens is 252 g/mol. The van der Waals surface area contributed by atoms with Gasteiger partial charge in [-0.05, 0) is 30.7 Å². The van der Waals surface area contributed by atoms with Crippen molar-refractivity contribution in [2.45, 2.75) is 6.92 Å². The third-order valence-electron chi connectivity index (χ3n) is 2.84. The molecule has 0 spiro atoms. The first-order valence-corrected chi connectivity index (χ1v) is 6.19. The maximum Gasteiger partial charge on any atom is 0.220 e. The van der Waals surface area contributed by atoms with Crippen LogP contribution in [0.4, 0.5) is 0 Å². The Morgan fingerprint density at radius 3 is 2.60 bits per heavy atom. The Morgan fingerprint density at radius 2 is 1.85 bits per heavy atom. The number of hydrogen-bond donors (Lipinski definition) is 1. The van der Waals surface area contributed by atoms with Crippen molar-refractivity contribution in [3.8, 4) is 5.75 Å². The highest BCUT2D eigenvalue weighted by Crippen LogP contribution is 2.12. The highest BCUT2D eigenvalue weighted by atomic mass is 16.3. The van der Waals surface area contributed by atoms with Crippen LogP contribution in [0, 0.1) is 6.92 Å². The van der Waals surface area contributed by atoms with Gasteiger partial charge in [-0.25, -0.2) is 0 Å². The molecule has 0 aliphatic carbocycles. The van der Waals surface area contributed by atoms with Crippen molar-refractivity contribution in [2.75, 3.05) is 0 Å². The molecule has 0 bridgehead atoms. The van der Waals surface area contributed by atoms with E-state index in [1.165, 1.54) is 24.3 Å². The molecule has 1 N–H and O–H groups in total. The molecule has 0 heterocycles. The van der Waals surface area contributed by atoms with Gasteiger partial charge in [0, 0.05) is 0 Å². The Morgan fingerprint density at radius 1 is 1.10 bits per heavy atom. The minimum Gasteiger partial charge on any atom is -0.504 e. The molecule has 0 atom stereocenters. The van der Waals surface area contributed by atoms with E-state index in [-0.39, 0.29) is 5.56 Å². The van der Waals surface area contributed by atoms with Crippen LogP contribution in [0.5, 0.6) is 5.75 Å². The monoisotopic (exact) mass is 266 g/mol. The molecule has 3 nitrogen and oxygen atoms in total. The van der Waals surface area contributed by atoms with Gasteiger partial charge < -0.3 is 5.11 Å². The topological polar surface area (TPSA) is 54.4 Å². The number of hydrogen-bond acceptors (Lipinski definition) is 3. The number of aromatic hydroxyl groups is 1. The number of benzene rings is 1. The summed E-state index contributed by atoms with van der Waals surface area (Å²) in [4.78, 5) is 23.5. The number of carbonyl (C=O) groups excluding carboxylic acids is 1. The molecule has 0 radical (unpaired) electrons. The smallest absolute Gasteiger partial charge is 0.220 e. The lowest BCUT2D eigenvalue weighted by Gasteiger charge is -1.97. The predicted octanol–water partition coefficient (Wildman–Crippen LogP) is 2.96. The van der Waals surface area contributed by atoms with Crippen LogP contribution in [0.25, 0.3) is 6.08 Å². The summed E-state index contributed by atoms with van der Waals surface area (Å²) in [6.45, 7) is 1.96. The summed E-state index contributed by atoms with van der Waals surface area (Å²) >= 11 is 0. The zero-order chi connectivity index (χ0) is 14.5. The summed E-state index contributed by atoms with van der Waals surface area (Å²) in [5.41, 5.74) is 1.42. The minimum atomic E-state index is -0.567. The van der Waals surface area contributed by atoms with Gasteiger partial charge in [-0.3, -0.25) is 9.59 Å². The lowest BCUT2D eigenvalue weighted by molar-refractivity contribution is 0.104. The molecule has 2 aromatic carbocycles. The van der Waals surface area contributed by atoms with Gasteiger partial charge in [0.05, 0.1) is 5.56 Å². The average Bonchev–Trinajstić information content (AvgIpc) is 2.59. The van der Waals surface area contributed by atoms with E-state index in [4.69, 9.17) is 0 Å². The Kier molecular flexibility index (Phi) is 4.11. The van der Waals surface area contributed by atoms with Gasteiger partial charge in [0.2, 0.25) is 5.43 Å². The van der Waals surface area contributed by atoms with Crippen LogP contribution < -0.4 is 5.43 Å². The summed E-state index contributed by atoms with van der Waals surface area (Å²) in [7, 11) is 0. The van der Waals surface area contributed by atoms with E-state index < -0.39 is 17.0 Å². The van der Waals surface area contributed by atoms with E-state index in [9.17, 15) is 14.7 Å². The Labute approximate surface area is 116 Å². The molecule has 2 aromatic rings. The summed E-state index contributed by atoms with van der Waals surface area (Å²) in [5.74, 6) is -0.925. The quantitative estimate of drug-likeness (QED) is 0.686. The molecule has 0 fully saturated rings.